The third-order valence-corrected chi connectivity index (χ3v) is 3.43. The molecule has 1 fully saturated rings. The van der Waals surface area contributed by atoms with E-state index in [2.05, 4.69) is 4.74 Å². The number of halogens is 2. The van der Waals surface area contributed by atoms with Crippen LogP contribution in [0.4, 0.5) is 8.78 Å². The number of amides is 1. The Kier molecular flexibility index (Phi) is 4.32. The van der Waals surface area contributed by atoms with Gasteiger partial charge in [0, 0.05) is 19.2 Å². The Morgan fingerprint density at radius 1 is 1.40 bits per heavy atom. The number of carbonyl (C=O) groups excluding carboxylic acids is 2. The zero-order chi connectivity index (χ0) is 14.7. The van der Waals surface area contributed by atoms with Crippen molar-refractivity contribution in [3.63, 3.8) is 0 Å². The maximum Gasteiger partial charge on any atom is 0.310 e. The van der Waals surface area contributed by atoms with Gasteiger partial charge in [-0.1, -0.05) is 6.07 Å². The van der Waals surface area contributed by atoms with Crippen LogP contribution in [0.25, 0.3) is 0 Å². The first-order valence-corrected chi connectivity index (χ1v) is 6.30. The fourth-order valence-corrected chi connectivity index (χ4v) is 2.29. The average Bonchev–Trinajstić information content (AvgIpc) is 2.90. The number of nitrogens with zero attached hydrogens (tertiary/aromatic N) is 1. The van der Waals surface area contributed by atoms with Gasteiger partial charge in [0.2, 0.25) is 5.91 Å². The van der Waals surface area contributed by atoms with E-state index < -0.39 is 11.6 Å². The second-order valence-corrected chi connectivity index (χ2v) is 4.76. The maximum absolute atomic E-state index is 13.5. The van der Waals surface area contributed by atoms with Crippen LogP contribution < -0.4 is 0 Å². The van der Waals surface area contributed by atoms with Crippen molar-refractivity contribution in [3.05, 3.63) is 35.4 Å². The standard InChI is InChI=1S/C14H15F2NO3/c1-20-14(19)10-4-5-17(8-10)13(18)6-9-2-3-11(15)7-12(9)16/h2-3,7,10H,4-6,8H2,1H3. The smallest absolute Gasteiger partial charge is 0.310 e. The summed E-state index contributed by atoms with van der Waals surface area (Å²) in [5, 5.41) is 0. The van der Waals surface area contributed by atoms with E-state index in [-0.39, 0.29) is 36.3 Å². The van der Waals surface area contributed by atoms with Gasteiger partial charge in [0.15, 0.2) is 0 Å². The van der Waals surface area contributed by atoms with Crippen molar-refractivity contribution < 1.29 is 23.1 Å². The number of benzene rings is 1. The molecular weight excluding hydrogens is 268 g/mol. The van der Waals surface area contributed by atoms with Gasteiger partial charge in [-0.25, -0.2) is 8.78 Å². The van der Waals surface area contributed by atoms with Gasteiger partial charge in [-0.3, -0.25) is 9.59 Å². The fourth-order valence-electron chi connectivity index (χ4n) is 2.29. The summed E-state index contributed by atoms with van der Waals surface area (Å²) in [4.78, 5) is 24.9. The third-order valence-electron chi connectivity index (χ3n) is 3.43. The predicted octanol–water partition coefficient (Wildman–Crippen LogP) is 1.53. The van der Waals surface area contributed by atoms with E-state index in [0.717, 1.165) is 12.1 Å². The molecule has 1 saturated heterocycles. The van der Waals surface area contributed by atoms with Crippen molar-refractivity contribution in [1.82, 2.24) is 4.90 Å². The summed E-state index contributed by atoms with van der Waals surface area (Å²) in [6.07, 6.45) is 0.407. The summed E-state index contributed by atoms with van der Waals surface area (Å²) >= 11 is 0. The van der Waals surface area contributed by atoms with Gasteiger partial charge in [-0.15, -0.1) is 0 Å². The van der Waals surface area contributed by atoms with Gasteiger partial charge in [0.05, 0.1) is 19.4 Å². The Hall–Kier alpha value is -1.98. The van der Waals surface area contributed by atoms with Crippen molar-refractivity contribution in [1.29, 1.82) is 0 Å². The summed E-state index contributed by atoms with van der Waals surface area (Å²) in [5.74, 6) is -2.34. The number of likely N-dealkylation sites (tertiary alicyclic amines) is 1. The SMILES string of the molecule is COC(=O)C1CCN(C(=O)Cc2ccc(F)cc2F)C1. The molecule has 4 nitrogen and oxygen atoms in total. The molecule has 1 amide bonds. The number of hydrogen-bond donors (Lipinski definition) is 0. The minimum atomic E-state index is -0.734. The Morgan fingerprint density at radius 2 is 2.15 bits per heavy atom. The second kappa shape index (κ2) is 5.98. The lowest BCUT2D eigenvalue weighted by atomic mass is 10.1. The molecule has 1 aromatic carbocycles. The number of carbonyl (C=O) groups is 2. The van der Waals surface area contributed by atoms with Gasteiger partial charge < -0.3 is 9.64 Å². The van der Waals surface area contributed by atoms with Crippen molar-refractivity contribution >= 4 is 11.9 Å². The average molecular weight is 283 g/mol. The summed E-state index contributed by atoms with van der Waals surface area (Å²) in [6, 6.07) is 3.13. The van der Waals surface area contributed by atoms with E-state index >= 15 is 0 Å². The fraction of sp³-hybridized carbons (Fsp3) is 0.429. The van der Waals surface area contributed by atoms with Crippen LogP contribution in [0.15, 0.2) is 18.2 Å². The molecule has 1 unspecified atom stereocenters. The van der Waals surface area contributed by atoms with E-state index in [1.165, 1.54) is 18.1 Å². The molecule has 0 radical (unpaired) electrons. The summed E-state index contributed by atoms with van der Waals surface area (Å²) in [6.45, 7) is 0.732. The first-order valence-electron chi connectivity index (χ1n) is 6.30. The van der Waals surface area contributed by atoms with Crippen LogP contribution in [-0.4, -0.2) is 37.0 Å². The van der Waals surface area contributed by atoms with E-state index in [1.807, 2.05) is 0 Å². The second-order valence-electron chi connectivity index (χ2n) is 4.76. The van der Waals surface area contributed by atoms with Crippen molar-refractivity contribution in [2.24, 2.45) is 5.92 Å². The highest BCUT2D eigenvalue weighted by atomic mass is 19.1. The topological polar surface area (TPSA) is 46.6 Å². The quantitative estimate of drug-likeness (QED) is 0.790. The van der Waals surface area contributed by atoms with Crippen LogP contribution in [0.2, 0.25) is 0 Å². The largest absolute Gasteiger partial charge is 0.469 e. The van der Waals surface area contributed by atoms with Crippen LogP contribution >= 0.6 is 0 Å². The highest BCUT2D eigenvalue weighted by molar-refractivity contribution is 5.81. The van der Waals surface area contributed by atoms with Gasteiger partial charge in [-0.05, 0) is 18.1 Å². The minimum absolute atomic E-state index is 0.139. The van der Waals surface area contributed by atoms with Gasteiger partial charge >= 0.3 is 5.97 Å². The number of esters is 1. The van der Waals surface area contributed by atoms with Gasteiger partial charge in [0.25, 0.3) is 0 Å². The van der Waals surface area contributed by atoms with E-state index in [9.17, 15) is 18.4 Å². The van der Waals surface area contributed by atoms with Crippen molar-refractivity contribution in [2.45, 2.75) is 12.8 Å². The number of rotatable bonds is 3. The van der Waals surface area contributed by atoms with Crippen LogP contribution in [0.1, 0.15) is 12.0 Å². The Bertz CT molecular complexity index is 533. The normalized spacial score (nSPS) is 18.1. The lowest BCUT2D eigenvalue weighted by Gasteiger charge is -2.16. The maximum atomic E-state index is 13.5. The zero-order valence-electron chi connectivity index (χ0n) is 11.1. The van der Waals surface area contributed by atoms with E-state index in [0.29, 0.717) is 13.0 Å². The summed E-state index contributed by atoms with van der Waals surface area (Å²) in [7, 11) is 1.31. The molecular formula is C14H15F2NO3. The molecule has 0 bridgehead atoms. The Labute approximate surface area is 115 Å². The number of hydrogen-bond acceptors (Lipinski definition) is 3. The van der Waals surface area contributed by atoms with Crippen molar-refractivity contribution in [3.8, 4) is 0 Å². The van der Waals surface area contributed by atoms with E-state index in [1.54, 1.807) is 0 Å². The van der Waals surface area contributed by atoms with E-state index in [4.69, 9.17) is 0 Å². The zero-order valence-corrected chi connectivity index (χ0v) is 11.1. The molecule has 1 aromatic rings. The molecule has 2 rings (SSSR count). The Morgan fingerprint density at radius 3 is 2.80 bits per heavy atom. The van der Waals surface area contributed by atoms with Gasteiger partial charge in [-0.2, -0.15) is 0 Å². The molecule has 1 heterocycles. The lowest BCUT2D eigenvalue weighted by molar-refractivity contribution is -0.145. The lowest BCUT2D eigenvalue weighted by Crippen LogP contribution is -2.31. The van der Waals surface area contributed by atoms with Crippen LogP contribution in [0.3, 0.4) is 0 Å². The predicted molar refractivity (Wildman–Crippen MR) is 66.8 cm³/mol. The molecule has 1 atom stereocenters. The van der Waals surface area contributed by atoms with Crippen molar-refractivity contribution in [2.75, 3.05) is 20.2 Å². The first kappa shape index (κ1) is 14.4. The summed E-state index contributed by atoms with van der Waals surface area (Å²) in [5.41, 5.74) is 0.151. The van der Waals surface area contributed by atoms with Crippen LogP contribution in [0, 0.1) is 17.6 Å². The number of ether oxygens (including phenoxy) is 1. The first-order chi connectivity index (χ1) is 9.51. The monoisotopic (exact) mass is 283 g/mol. The van der Waals surface area contributed by atoms with Crippen LogP contribution in [0.5, 0.6) is 0 Å². The third kappa shape index (κ3) is 3.12. The Balaban J connectivity index is 1.97. The highest BCUT2D eigenvalue weighted by Gasteiger charge is 2.31. The molecule has 1 aliphatic rings. The minimum Gasteiger partial charge on any atom is -0.469 e. The molecule has 108 valence electrons. The number of methoxy groups -OCH3 is 1. The molecule has 0 aliphatic carbocycles. The molecule has 0 saturated carbocycles. The van der Waals surface area contributed by atoms with Crippen LogP contribution in [-0.2, 0) is 20.7 Å². The molecule has 0 aromatic heterocycles. The molecule has 1 aliphatic heterocycles. The molecule has 20 heavy (non-hydrogen) atoms. The molecule has 6 heteroatoms. The molecule has 0 N–H and O–H groups in total. The highest BCUT2D eigenvalue weighted by Crippen LogP contribution is 2.19. The van der Waals surface area contributed by atoms with Gasteiger partial charge in [0.1, 0.15) is 11.6 Å². The molecule has 0 spiro atoms. The summed E-state index contributed by atoms with van der Waals surface area (Å²) < 4.78 is 30.9.